The molecule has 0 aliphatic carbocycles. The van der Waals surface area contributed by atoms with Crippen molar-refractivity contribution in [2.75, 3.05) is 4.90 Å². The van der Waals surface area contributed by atoms with Gasteiger partial charge in [-0.15, -0.1) is 0 Å². The van der Waals surface area contributed by atoms with Gasteiger partial charge in [-0.25, -0.2) is 0 Å². The fraction of sp³-hybridized carbons (Fsp3) is 0. The Morgan fingerprint density at radius 2 is 0.545 bits per heavy atom. The van der Waals surface area contributed by atoms with E-state index < -0.39 is 0 Å². The lowest BCUT2D eigenvalue weighted by molar-refractivity contribution is 1.24. The lowest BCUT2D eigenvalue weighted by Gasteiger charge is -2.26. The number of aromatic nitrogens is 6. The molecule has 6 heterocycles. The van der Waals surface area contributed by atoms with Crippen LogP contribution in [-0.2, 0) is 0 Å². The molecule has 9 aromatic rings. The third kappa shape index (κ3) is 6.86. The average molecular weight is 708 g/mol. The third-order valence-electron chi connectivity index (χ3n) is 9.46. The van der Waals surface area contributed by atoms with Crippen molar-refractivity contribution in [1.82, 2.24) is 29.9 Å². The van der Waals surface area contributed by atoms with Crippen LogP contribution in [0, 0.1) is 0 Å². The minimum absolute atomic E-state index is 0.837. The zero-order chi connectivity index (χ0) is 36.8. The molecule has 3 aromatic carbocycles. The predicted octanol–water partition coefficient (Wildman–Crippen LogP) is 11.5. The second-order valence-corrected chi connectivity index (χ2v) is 12.8. The van der Waals surface area contributed by atoms with Crippen molar-refractivity contribution in [3.8, 4) is 67.5 Å². The molecule has 0 radical (unpaired) electrons. The number of anilines is 3. The molecule has 9 rings (SSSR count). The van der Waals surface area contributed by atoms with Crippen molar-refractivity contribution in [3.05, 3.63) is 201 Å². The molecule has 260 valence electrons. The van der Waals surface area contributed by atoms with E-state index >= 15 is 0 Å². The van der Waals surface area contributed by atoms with Gasteiger partial charge < -0.3 is 4.90 Å². The smallest absolute Gasteiger partial charge is 0.0964 e. The molecular formula is C48H33N7. The summed E-state index contributed by atoms with van der Waals surface area (Å²) in [5, 5.41) is 0. The normalized spacial score (nSPS) is 10.9. The number of rotatable bonds is 9. The first-order valence-corrected chi connectivity index (χ1v) is 18.0. The van der Waals surface area contributed by atoms with Crippen LogP contribution in [0.5, 0.6) is 0 Å². The molecule has 0 spiro atoms. The van der Waals surface area contributed by atoms with Crippen LogP contribution in [0.1, 0.15) is 0 Å². The molecule has 0 unspecified atom stereocenters. The molecule has 0 saturated carbocycles. The first-order chi connectivity index (χ1) is 27.3. The zero-order valence-corrected chi connectivity index (χ0v) is 29.7. The van der Waals surface area contributed by atoms with Crippen molar-refractivity contribution in [2.45, 2.75) is 0 Å². The highest BCUT2D eigenvalue weighted by Gasteiger charge is 2.17. The van der Waals surface area contributed by atoms with Gasteiger partial charge in [0, 0.05) is 70.9 Å². The lowest BCUT2D eigenvalue weighted by Crippen LogP contribution is -2.10. The summed E-state index contributed by atoms with van der Waals surface area (Å²) in [6.07, 6.45) is 10.8. The summed E-state index contributed by atoms with van der Waals surface area (Å²) < 4.78 is 0. The fourth-order valence-corrected chi connectivity index (χ4v) is 6.85. The van der Waals surface area contributed by atoms with Crippen LogP contribution >= 0.6 is 0 Å². The van der Waals surface area contributed by atoms with Gasteiger partial charge in [-0.2, -0.15) is 0 Å². The van der Waals surface area contributed by atoms with Gasteiger partial charge in [-0.3, -0.25) is 29.9 Å². The van der Waals surface area contributed by atoms with Gasteiger partial charge >= 0.3 is 0 Å². The van der Waals surface area contributed by atoms with Gasteiger partial charge in [0.1, 0.15) is 0 Å². The second kappa shape index (κ2) is 15.1. The molecule has 0 saturated heterocycles. The summed E-state index contributed by atoms with van der Waals surface area (Å²) in [6, 6.07) is 55.7. The zero-order valence-electron chi connectivity index (χ0n) is 29.7. The topological polar surface area (TPSA) is 80.6 Å². The number of hydrogen-bond acceptors (Lipinski definition) is 7. The van der Waals surface area contributed by atoms with Crippen molar-refractivity contribution < 1.29 is 0 Å². The summed E-state index contributed by atoms with van der Waals surface area (Å²) in [4.78, 5) is 30.1. The molecule has 0 amide bonds. The van der Waals surface area contributed by atoms with E-state index in [1.807, 2.05) is 91.4 Å². The monoisotopic (exact) mass is 707 g/mol. The van der Waals surface area contributed by atoms with Gasteiger partial charge in [0.25, 0.3) is 0 Å². The molecule has 0 N–H and O–H groups in total. The molecular weight excluding hydrogens is 675 g/mol. The van der Waals surface area contributed by atoms with Gasteiger partial charge in [-0.1, -0.05) is 72.8 Å². The van der Waals surface area contributed by atoms with Crippen molar-refractivity contribution in [2.24, 2.45) is 0 Å². The van der Waals surface area contributed by atoms with Crippen LogP contribution < -0.4 is 4.90 Å². The van der Waals surface area contributed by atoms with Gasteiger partial charge in [-0.05, 0) is 108 Å². The molecule has 7 nitrogen and oxygen atoms in total. The maximum Gasteiger partial charge on any atom is 0.0964 e. The molecule has 0 aliphatic rings. The number of pyridine rings is 6. The summed E-state index contributed by atoms with van der Waals surface area (Å²) in [5.41, 5.74) is 14.3. The highest BCUT2D eigenvalue weighted by atomic mass is 15.1. The van der Waals surface area contributed by atoms with Crippen LogP contribution in [0.4, 0.5) is 17.1 Å². The van der Waals surface area contributed by atoms with Crippen LogP contribution in [0.25, 0.3) is 67.5 Å². The van der Waals surface area contributed by atoms with Crippen molar-refractivity contribution in [1.29, 1.82) is 0 Å². The maximum atomic E-state index is 4.71. The van der Waals surface area contributed by atoms with Crippen LogP contribution in [0.2, 0.25) is 0 Å². The van der Waals surface area contributed by atoms with E-state index in [-0.39, 0.29) is 0 Å². The minimum atomic E-state index is 0.837. The SMILES string of the molecule is c1ccc(-c2ncccc2-c2ccc(N(c3ccc(-c4cccnc4-c4ccccn4)cc3)c3ccc(-c4cccnc4-c4ccccn4)cc3)cc2)nc1. The second-order valence-electron chi connectivity index (χ2n) is 12.8. The fourth-order valence-electron chi connectivity index (χ4n) is 6.85. The highest BCUT2D eigenvalue weighted by molar-refractivity contribution is 5.86. The number of benzene rings is 3. The number of hydrogen-bond donors (Lipinski definition) is 0. The van der Waals surface area contributed by atoms with E-state index in [4.69, 9.17) is 15.0 Å². The predicted molar refractivity (Wildman–Crippen MR) is 221 cm³/mol. The molecule has 0 atom stereocenters. The van der Waals surface area contributed by atoms with Gasteiger partial charge in [0.05, 0.1) is 34.2 Å². The summed E-state index contributed by atoms with van der Waals surface area (Å²) in [6.45, 7) is 0. The van der Waals surface area contributed by atoms with Crippen molar-refractivity contribution in [3.63, 3.8) is 0 Å². The van der Waals surface area contributed by atoms with Crippen molar-refractivity contribution >= 4 is 17.1 Å². The molecule has 0 fully saturated rings. The molecule has 7 heteroatoms. The molecule has 0 aliphatic heterocycles. The number of nitrogens with zero attached hydrogens (tertiary/aromatic N) is 7. The van der Waals surface area contributed by atoms with E-state index in [0.717, 1.165) is 84.6 Å². The highest BCUT2D eigenvalue weighted by Crippen LogP contribution is 2.40. The maximum absolute atomic E-state index is 4.71. The minimum Gasteiger partial charge on any atom is -0.311 e. The summed E-state index contributed by atoms with van der Waals surface area (Å²) in [5.74, 6) is 0. The Labute approximate surface area is 319 Å². The Kier molecular flexibility index (Phi) is 9.15. The third-order valence-corrected chi connectivity index (χ3v) is 9.46. The van der Waals surface area contributed by atoms with Crippen LogP contribution in [-0.4, -0.2) is 29.9 Å². The average Bonchev–Trinajstić information content (AvgIpc) is 3.28. The summed E-state index contributed by atoms with van der Waals surface area (Å²) in [7, 11) is 0. The Morgan fingerprint density at radius 3 is 0.818 bits per heavy atom. The van der Waals surface area contributed by atoms with E-state index in [1.165, 1.54) is 0 Å². The standard InChI is InChI=1S/C48H33N7/c1-4-28-49-43(13-1)46-40(10-7-31-52-46)34-16-22-37(23-17-34)55(38-24-18-35(19-25-38)41-11-8-32-53-47(41)44-14-2-5-29-50-44)39-26-20-36(21-27-39)42-12-9-33-54-48(42)45-15-3-6-30-51-45/h1-33H. The van der Waals surface area contributed by atoms with Gasteiger partial charge in [0.2, 0.25) is 0 Å². The first kappa shape index (κ1) is 33.2. The van der Waals surface area contributed by atoms with E-state index in [1.54, 1.807) is 18.6 Å². The van der Waals surface area contributed by atoms with E-state index in [0.29, 0.717) is 0 Å². The molecule has 0 bridgehead atoms. The Morgan fingerprint density at radius 1 is 0.255 bits per heavy atom. The molecule has 6 aromatic heterocycles. The van der Waals surface area contributed by atoms with Crippen LogP contribution in [0.3, 0.4) is 0 Å². The first-order valence-electron chi connectivity index (χ1n) is 18.0. The molecule has 55 heavy (non-hydrogen) atoms. The largest absolute Gasteiger partial charge is 0.311 e. The Bertz CT molecular complexity index is 2370. The summed E-state index contributed by atoms with van der Waals surface area (Å²) >= 11 is 0. The van der Waals surface area contributed by atoms with Crippen LogP contribution in [0.15, 0.2) is 201 Å². The quantitative estimate of drug-likeness (QED) is 0.148. The van der Waals surface area contributed by atoms with Gasteiger partial charge in [0.15, 0.2) is 0 Å². The Hall–Kier alpha value is -7.64. The van der Waals surface area contributed by atoms with E-state index in [2.05, 4.69) is 111 Å². The lowest BCUT2D eigenvalue weighted by atomic mass is 9.99. The van der Waals surface area contributed by atoms with E-state index in [9.17, 15) is 0 Å². The Balaban J connectivity index is 1.11.